The molecule has 1 heterocycles. The highest BCUT2D eigenvalue weighted by Crippen LogP contribution is 2.30. The molecule has 3 heteroatoms. The summed E-state index contributed by atoms with van der Waals surface area (Å²) in [5.74, 6) is 0.578. The number of benzene rings is 1. The van der Waals surface area contributed by atoms with Gasteiger partial charge in [-0.1, -0.05) is 6.42 Å². The largest absolute Gasteiger partial charge is 0.236 e. The standard InChI is InChI=1S/C16H19FNO/c1-16(10-3-2-4-11-16)18-12-9-15(19-18)13-5-7-14(17)8-6-13/h5-9,12H,2-4,10-11H2,1H3/q+1. The summed E-state index contributed by atoms with van der Waals surface area (Å²) in [6.07, 6.45) is 8.17. The van der Waals surface area contributed by atoms with Gasteiger partial charge in [0.2, 0.25) is 17.5 Å². The summed E-state index contributed by atoms with van der Waals surface area (Å²) in [4.78, 5) is 0. The summed E-state index contributed by atoms with van der Waals surface area (Å²) in [7, 11) is 0. The van der Waals surface area contributed by atoms with Crippen molar-refractivity contribution in [3.8, 4) is 11.3 Å². The average molecular weight is 260 g/mol. The van der Waals surface area contributed by atoms with Gasteiger partial charge in [0.15, 0.2) is 0 Å². The summed E-state index contributed by atoms with van der Waals surface area (Å²) in [5, 5.41) is 0. The molecular formula is C16H19FNO+. The predicted octanol–water partition coefficient (Wildman–Crippen LogP) is 4.05. The van der Waals surface area contributed by atoms with E-state index in [9.17, 15) is 4.39 Å². The van der Waals surface area contributed by atoms with Crippen molar-refractivity contribution in [3.05, 3.63) is 42.3 Å². The van der Waals surface area contributed by atoms with Crippen molar-refractivity contribution in [3.63, 3.8) is 0 Å². The van der Waals surface area contributed by atoms with Gasteiger partial charge in [-0.25, -0.2) is 8.91 Å². The maximum Gasteiger partial charge on any atom is 0.221 e. The Balaban J connectivity index is 1.88. The number of halogens is 1. The second-order valence-electron chi connectivity index (χ2n) is 5.66. The molecule has 1 aromatic heterocycles. The Labute approximate surface area is 112 Å². The van der Waals surface area contributed by atoms with Crippen molar-refractivity contribution in [2.75, 3.05) is 0 Å². The molecule has 1 aliphatic rings. The molecule has 1 aromatic carbocycles. The Bertz CT molecular complexity index is 552. The first kappa shape index (κ1) is 12.4. The molecule has 1 aliphatic carbocycles. The SMILES string of the molecule is CC1([n+]2ccc(-c3ccc(F)cc3)o2)CCCCC1. The van der Waals surface area contributed by atoms with E-state index in [1.54, 1.807) is 12.1 Å². The van der Waals surface area contributed by atoms with Crippen molar-refractivity contribution in [1.29, 1.82) is 0 Å². The van der Waals surface area contributed by atoms with Crippen molar-refractivity contribution in [2.45, 2.75) is 44.6 Å². The molecule has 3 rings (SSSR count). The van der Waals surface area contributed by atoms with E-state index >= 15 is 0 Å². The van der Waals surface area contributed by atoms with Crippen LogP contribution in [0, 0.1) is 5.82 Å². The second-order valence-corrected chi connectivity index (χ2v) is 5.66. The molecule has 0 saturated heterocycles. The van der Waals surface area contributed by atoms with Gasteiger partial charge in [0.05, 0.1) is 6.07 Å². The number of rotatable bonds is 2. The van der Waals surface area contributed by atoms with Gasteiger partial charge in [-0.2, -0.15) is 0 Å². The lowest BCUT2D eigenvalue weighted by Gasteiger charge is -2.24. The summed E-state index contributed by atoms with van der Waals surface area (Å²) in [6, 6.07) is 8.39. The lowest BCUT2D eigenvalue weighted by Crippen LogP contribution is -2.53. The van der Waals surface area contributed by atoms with E-state index in [1.165, 1.54) is 31.4 Å². The van der Waals surface area contributed by atoms with Gasteiger partial charge >= 0.3 is 0 Å². The molecule has 0 spiro atoms. The van der Waals surface area contributed by atoms with Crippen LogP contribution in [-0.4, -0.2) is 0 Å². The molecular weight excluding hydrogens is 241 g/mol. The first-order chi connectivity index (χ1) is 9.17. The van der Waals surface area contributed by atoms with Crippen LogP contribution in [0.2, 0.25) is 0 Å². The van der Waals surface area contributed by atoms with Crippen LogP contribution in [0.5, 0.6) is 0 Å². The molecule has 0 unspecified atom stereocenters. The van der Waals surface area contributed by atoms with E-state index in [-0.39, 0.29) is 11.4 Å². The van der Waals surface area contributed by atoms with Gasteiger partial charge in [-0.15, -0.1) is 0 Å². The van der Waals surface area contributed by atoms with Crippen LogP contribution >= 0.6 is 0 Å². The quantitative estimate of drug-likeness (QED) is 0.744. The Kier molecular flexibility index (Phi) is 3.13. The summed E-state index contributed by atoms with van der Waals surface area (Å²) >= 11 is 0. The van der Waals surface area contributed by atoms with Crippen molar-refractivity contribution in [1.82, 2.24) is 0 Å². The molecule has 2 nitrogen and oxygen atoms in total. The number of hydrogen-bond acceptors (Lipinski definition) is 1. The monoisotopic (exact) mass is 260 g/mol. The average Bonchev–Trinajstić information content (AvgIpc) is 2.91. The molecule has 0 atom stereocenters. The van der Waals surface area contributed by atoms with Crippen LogP contribution in [0.4, 0.5) is 4.39 Å². The maximum absolute atomic E-state index is 12.9. The molecule has 1 fully saturated rings. The number of nitrogens with zero attached hydrogens (tertiary/aromatic N) is 1. The highest BCUT2D eigenvalue weighted by molar-refractivity contribution is 5.55. The summed E-state index contributed by atoms with van der Waals surface area (Å²) in [5.41, 5.74) is 1.01. The van der Waals surface area contributed by atoms with Gasteiger partial charge in [-0.3, -0.25) is 0 Å². The van der Waals surface area contributed by atoms with E-state index in [4.69, 9.17) is 4.52 Å². The molecule has 1 saturated carbocycles. The summed E-state index contributed by atoms with van der Waals surface area (Å²) in [6.45, 7) is 2.25. The third kappa shape index (κ3) is 2.42. The van der Waals surface area contributed by atoms with E-state index in [1.807, 2.05) is 17.0 Å². The zero-order chi connectivity index (χ0) is 13.3. The Morgan fingerprint density at radius 3 is 2.42 bits per heavy atom. The Hall–Kier alpha value is -1.64. The lowest BCUT2D eigenvalue weighted by molar-refractivity contribution is -0.912. The van der Waals surface area contributed by atoms with E-state index in [0.717, 1.165) is 24.2 Å². The highest BCUT2D eigenvalue weighted by atomic mass is 19.1. The van der Waals surface area contributed by atoms with Crippen molar-refractivity contribution in [2.24, 2.45) is 0 Å². The third-order valence-corrected chi connectivity index (χ3v) is 4.15. The minimum atomic E-state index is -0.220. The fourth-order valence-corrected chi connectivity index (χ4v) is 2.89. The Morgan fingerprint density at radius 2 is 1.74 bits per heavy atom. The fraction of sp³-hybridized carbons (Fsp3) is 0.438. The Morgan fingerprint density at radius 1 is 1.05 bits per heavy atom. The molecule has 100 valence electrons. The fourth-order valence-electron chi connectivity index (χ4n) is 2.89. The van der Waals surface area contributed by atoms with Crippen LogP contribution < -0.4 is 4.74 Å². The second kappa shape index (κ2) is 4.80. The molecule has 19 heavy (non-hydrogen) atoms. The van der Waals surface area contributed by atoms with Gasteiger partial charge in [0, 0.05) is 25.3 Å². The zero-order valence-corrected chi connectivity index (χ0v) is 11.2. The molecule has 0 N–H and O–H groups in total. The van der Waals surface area contributed by atoms with Crippen LogP contribution in [0.25, 0.3) is 11.3 Å². The van der Waals surface area contributed by atoms with Crippen LogP contribution in [0.3, 0.4) is 0 Å². The van der Waals surface area contributed by atoms with Gasteiger partial charge in [0.1, 0.15) is 5.82 Å². The molecule has 0 bridgehead atoms. The van der Waals surface area contributed by atoms with Gasteiger partial charge in [-0.05, 0) is 41.8 Å². The molecule has 2 aromatic rings. The smallest absolute Gasteiger partial charge is 0.221 e. The lowest BCUT2D eigenvalue weighted by atomic mass is 9.84. The predicted molar refractivity (Wildman–Crippen MR) is 71.0 cm³/mol. The van der Waals surface area contributed by atoms with E-state index < -0.39 is 0 Å². The van der Waals surface area contributed by atoms with Crippen LogP contribution in [-0.2, 0) is 5.54 Å². The normalized spacial score (nSPS) is 18.4. The minimum absolute atomic E-state index is 0.0938. The first-order valence-electron chi connectivity index (χ1n) is 6.96. The van der Waals surface area contributed by atoms with Crippen LogP contribution in [0.15, 0.2) is 41.1 Å². The summed E-state index contributed by atoms with van der Waals surface area (Å²) < 4.78 is 20.8. The van der Waals surface area contributed by atoms with Crippen molar-refractivity contribution >= 4 is 0 Å². The topological polar surface area (TPSA) is 17.0 Å². The zero-order valence-electron chi connectivity index (χ0n) is 11.2. The van der Waals surface area contributed by atoms with Crippen molar-refractivity contribution < 1.29 is 13.7 Å². The van der Waals surface area contributed by atoms with E-state index in [2.05, 4.69) is 6.92 Å². The maximum atomic E-state index is 12.9. The molecule has 0 aliphatic heterocycles. The van der Waals surface area contributed by atoms with Crippen LogP contribution in [0.1, 0.15) is 39.0 Å². The number of aromatic nitrogens is 1. The third-order valence-electron chi connectivity index (χ3n) is 4.15. The van der Waals surface area contributed by atoms with Gasteiger partial charge < -0.3 is 0 Å². The van der Waals surface area contributed by atoms with E-state index in [0.29, 0.717) is 0 Å². The highest BCUT2D eigenvalue weighted by Gasteiger charge is 2.39. The first-order valence-corrected chi connectivity index (χ1v) is 6.96. The molecule has 0 radical (unpaired) electrons. The minimum Gasteiger partial charge on any atom is -0.236 e. The van der Waals surface area contributed by atoms with Gasteiger partial charge in [0.25, 0.3) is 0 Å². The number of hydrogen-bond donors (Lipinski definition) is 0. The molecule has 0 amide bonds.